The minimum atomic E-state index is -0.612. The zero-order valence-electron chi connectivity index (χ0n) is 15.8. The van der Waals surface area contributed by atoms with Crippen molar-refractivity contribution in [1.29, 1.82) is 0 Å². The fourth-order valence-corrected chi connectivity index (χ4v) is 1.72. The predicted molar refractivity (Wildman–Crippen MR) is 98.0 cm³/mol. The lowest BCUT2D eigenvalue weighted by atomic mass is 10.2. The molecule has 1 N–H and O–H groups in total. The Balaban J connectivity index is 4.64. The average molecular weight is 363 g/mol. The second-order valence-corrected chi connectivity index (χ2v) is 7.15. The van der Waals surface area contributed by atoms with Crippen molar-refractivity contribution in [2.24, 2.45) is 4.99 Å². The number of aliphatic hydroxyl groups excluding tert-OH is 1. The molecule has 0 bridgehead atoms. The summed E-state index contributed by atoms with van der Waals surface area (Å²) >= 11 is 6.14. The van der Waals surface area contributed by atoms with Crippen molar-refractivity contribution in [3.63, 3.8) is 0 Å². The van der Waals surface area contributed by atoms with Gasteiger partial charge in [-0.1, -0.05) is 6.58 Å². The predicted octanol–water partition coefficient (Wildman–Crippen LogP) is 2.51. The van der Waals surface area contributed by atoms with Gasteiger partial charge in [0.05, 0.1) is 0 Å². The quantitative estimate of drug-likeness (QED) is 0.326. The van der Waals surface area contributed by atoms with Gasteiger partial charge in [-0.2, -0.15) is 0 Å². The zero-order chi connectivity index (χ0) is 19.1. The number of halogens is 1. The summed E-state index contributed by atoms with van der Waals surface area (Å²) in [6.45, 7) is 13.5. The molecule has 0 unspecified atom stereocenters. The summed E-state index contributed by atoms with van der Waals surface area (Å²) in [4.78, 5) is 21.0. The molecule has 0 saturated carbocycles. The van der Waals surface area contributed by atoms with E-state index >= 15 is 0 Å². The Morgan fingerprint density at radius 2 is 1.83 bits per heavy atom. The summed E-state index contributed by atoms with van der Waals surface area (Å²) in [6.07, 6.45) is -0.565. The smallest absolute Gasteiger partial charge is 0.412 e. The fourth-order valence-electron chi connectivity index (χ4n) is 1.43. The summed E-state index contributed by atoms with van der Waals surface area (Å²) in [7, 11) is 3.63. The van der Waals surface area contributed by atoms with Crippen LogP contribution in [0.1, 0.15) is 34.6 Å². The van der Waals surface area contributed by atoms with Gasteiger partial charge in [0.15, 0.2) is 5.29 Å². The molecular formula is C16H31ClN4O3. The Morgan fingerprint density at radius 3 is 2.25 bits per heavy atom. The molecule has 140 valence electrons. The first-order chi connectivity index (χ1) is 10.9. The lowest BCUT2D eigenvalue weighted by Crippen LogP contribution is -2.41. The van der Waals surface area contributed by atoms with Gasteiger partial charge in [0.1, 0.15) is 18.2 Å². The molecule has 0 aromatic carbocycles. The topological polar surface area (TPSA) is 68.6 Å². The molecule has 0 saturated heterocycles. The van der Waals surface area contributed by atoms with Crippen LogP contribution in [0.5, 0.6) is 0 Å². The van der Waals surface area contributed by atoms with Crippen LogP contribution < -0.4 is 0 Å². The van der Waals surface area contributed by atoms with E-state index < -0.39 is 18.4 Å². The highest BCUT2D eigenvalue weighted by atomic mass is 35.5. The number of aliphatic hydroxyl groups is 1. The Morgan fingerprint density at radius 1 is 1.29 bits per heavy atom. The highest BCUT2D eigenvalue weighted by molar-refractivity contribution is 6.64. The number of nitrogens with zero attached hydrogens (tertiary/aromatic N) is 4. The third-order valence-corrected chi connectivity index (χ3v) is 3.61. The Bertz CT molecular complexity index is 461. The monoisotopic (exact) mass is 362 g/mol. The summed E-state index contributed by atoms with van der Waals surface area (Å²) in [5, 5.41) is 9.69. The molecule has 0 aromatic rings. The number of likely N-dealkylation sites (N-methyl/N-ethyl adjacent to an activating group) is 1. The number of rotatable bonds is 7. The van der Waals surface area contributed by atoms with Gasteiger partial charge in [0.2, 0.25) is 0 Å². The van der Waals surface area contributed by atoms with Gasteiger partial charge in [0, 0.05) is 33.2 Å². The molecule has 0 radical (unpaired) electrons. The molecule has 0 atom stereocenters. The number of carbonyl (C=O) groups excluding carboxylic acids is 1. The maximum atomic E-state index is 12.0. The van der Waals surface area contributed by atoms with Crippen LogP contribution in [0.4, 0.5) is 4.79 Å². The van der Waals surface area contributed by atoms with E-state index in [4.69, 9.17) is 16.3 Å². The minimum Gasteiger partial charge on any atom is -0.444 e. The number of aliphatic imine (C=N–C) groups is 1. The zero-order valence-corrected chi connectivity index (χ0v) is 16.6. The maximum Gasteiger partial charge on any atom is 0.412 e. The molecule has 7 nitrogen and oxygen atoms in total. The molecule has 0 rings (SSSR count). The molecule has 0 aliphatic heterocycles. The minimum absolute atomic E-state index is 0.219. The second kappa shape index (κ2) is 9.74. The average Bonchev–Trinajstić information content (AvgIpc) is 2.44. The molecule has 0 aliphatic carbocycles. The van der Waals surface area contributed by atoms with Crippen molar-refractivity contribution in [1.82, 2.24) is 14.7 Å². The molecule has 8 heteroatoms. The SMILES string of the molecule is C=C(/N=C(/Cl)N(C)C(C)C)N(C)CCN(CO)C(=O)OC(C)(C)C. The van der Waals surface area contributed by atoms with Crippen LogP contribution in [0.3, 0.4) is 0 Å². The lowest BCUT2D eigenvalue weighted by Gasteiger charge is -2.28. The van der Waals surface area contributed by atoms with Crippen molar-refractivity contribution in [3.05, 3.63) is 12.4 Å². The van der Waals surface area contributed by atoms with E-state index in [0.717, 1.165) is 0 Å². The van der Waals surface area contributed by atoms with Crippen molar-refractivity contribution < 1.29 is 14.6 Å². The molecule has 0 heterocycles. The molecule has 0 fully saturated rings. The summed E-state index contributed by atoms with van der Waals surface area (Å²) in [5.41, 5.74) is -0.612. The first-order valence-electron chi connectivity index (χ1n) is 7.85. The van der Waals surface area contributed by atoms with E-state index in [1.165, 1.54) is 4.90 Å². The van der Waals surface area contributed by atoms with E-state index in [1.54, 1.807) is 32.7 Å². The number of amides is 1. The number of hydrogen-bond acceptors (Lipinski definition) is 5. The molecule has 0 aromatic heterocycles. The van der Waals surface area contributed by atoms with Crippen LogP contribution in [-0.4, -0.2) is 76.8 Å². The highest BCUT2D eigenvalue weighted by Crippen LogP contribution is 2.11. The third kappa shape index (κ3) is 8.40. The van der Waals surface area contributed by atoms with Gasteiger partial charge in [-0.3, -0.25) is 4.90 Å². The molecular weight excluding hydrogens is 332 g/mol. The Labute approximate surface area is 150 Å². The normalized spacial score (nSPS) is 12.2. The Hall–Kier alpha value is -1.47. The molecule has 24 heavy (non-hydrogen) atoms. The van der Waals surface area contributed by atoms with Crippen molar-refractivity contribution >= 4 is 23.0 Å². The fraction of sp³-hybridized carbons (Fsp3) is 0.750. The highest BCUT2D eigenvalue weighted by Gasteiger charge is 2.21. The van der Waals surface area contributed by atoms with Gasteiger partial charge in [-0.25, -0.2) is 9.79 Å². The largest absolute Gasteiger partial charge is 0.444 e. The second-order valence-electron chi connectivity index (χ2n) is 6.81. The van der Waals surface area contributed by atoms with Crippen LogP contribution in [0, 0.1) is 0 Å². The molecule has 0 spiro atoms. The van der Waals surface area contributed by atoms with Crippen LogP contribution in [0.2, 0.25) is 0 Å². The van der Waals surface area contributed by atoms with Crippen LogP contribution in [-0.2, 0) is 4.74 Å². The number of amidine groups is 1. The van der Waals surface area contributed by atoms with Gasteiger partial charge in [-0.15, -0.1) is 0 Å². The first kappa shape index (κ1) is 22.5. The van der Waals surface area contributed by atoms with Crippen LogP contribution in [0.15, 0.2) is 17.4 Å². The maximum absolute atomic E-state index is 12.0. The molecule has 0 aliphatic rings. The molecule has 1 amide bonds. The van der Waals surface area contributed by atoms with E-state index in [0.29, 0.717) is 17.7 Å². The van der Waals surface area contributed by atoms with E-state index in [1.807, 2.05) is 25.8 Å². The van der Waals surface area contributed by atoms with E-state index in [2.05, 4.69) is 11.6 Å². The summed E-state index contributed by atoms with van der Waals surface area (Å²) in [5.74, 6) is 0.467. The van der Waals surface area contributed by atoms with Crippen LogP contribution >= 0.6 is 11.6 Å². The number of ether oxygens (including phenoxy) is 1. The number of carbonyl (C=O) groups is 1. The number of hydrogen-bond donors (Lipinski definition) is 1. The first-order valence-corrected chi connectivity index (χ1v) is 8.22. The van der Waals surface area contributed by atoms with Gasteiger partial charge >= 0.3 is 6.09 Å². The van der Waals surface area contributed by atoms with Gasteiger partial charge < -0.3 is 19.6 Å². The van der Waals surface area contributed by atoms with Gasteiger partial charge in [-0.05, 0) is 46.2 Å². The third-order valence-electron chi connectivity index (χ3n) is 3.26. The standard InChI is InChI=1S/C16H31ClN4O3/c1-12(2)20(8)14(17)18-13(3)19(7)9-10-21(11-22)15(23)24-16(4,5)6/h12,22H,3,9-11H2,1-2,4-8H3/b18-14-. The summed E-state index contributed by atoms with van der Waals surface area (Å²) in [6, 6.07) is 0.219. The van der Waals surface area contributed by atoms with Crippen molar-refractivity contribution in [3.8, 4) is 0 Å². The van der Waals surface area contributed by atoms with Crippen molar-refractivity contribution in [2.75, 3.05) is 33.9 Å². The van der Waals surface area contributed by atoms with Crippen molar-refractivity contribution in [2.45, 2.75) is 46.3 Å². The van der Waals surface area contributed by atoms with E-state index in [9.17, 15) is 9.90 Å². The van der Waals surface area contributed by atoms with Crippen LogP contribution in [0.25, 0.3) is 0 Å². The summed E-state index contributed by atoms with van der Waals surface area (Å²) < 4.78 is 5.24. The Kier molecular flexibility index (Phi) is 9.14. The van der Waals surface area contributed by atoms with E-state index in [-0.39, 0.29) is 12.6 Å². The lowest BCUT2D eigenvalue weighted by molar-refractivity contribution is 0.00507. The van der Waals surface area contributed by atoms with Gasteiger partial charge in [0.25, 0.3) is 0 Å².